The van der Waals surface area contributed by atoms with Crippen LogP contribution in [0.1, 0.15) is 21.5 Å². The van der Waals surface area contributed by atoms with Gasteiger partial charge in [-0.25, -0.2) is 4.79 Å². The normalized spacial score (nSPS) is 12.8. The maximum atomic E-state index is 11.9. The molecule has 1 rings (SSSR count). The summed E-state index contributed by atoms with van der Waals surface area (Å²) in [7, 11) is 3.91. The van der Waals surface area contributed by atoms with Crippen LogP contribution in [0.25, 0.3) is 6.08 Å². The summed E-state index contributed by atoms with van der Waals surface area (Å²) in [5.74, 6) is -1.13. The Balaban J connectivity index is 2.56. The maximum Gasteiger partial charge on any atom is 0.328 e. The van der Waals surface area contributed by atoms with E-state index in [9.17, 15) is 9.59 Å². The molecule has 2 N–H and O–H groups in total. The first-order valence-electron chi connectivity index (χ1n) is 5.85. The molecule has 1 atom stereocenters. The zero-order chi connectivity index (χ0) is 14.4. The molecule has 0 aliphatic carbocycles. The van der Waals surface area contributed by atoms with E-state index < -0.39 is 5.97 Å². The second kappa shape index (κ2) is 7.06. The standard InChI is InChI=1S/C13H18N2O3S/c1-9(15(2)3)8-14-13(18)11-6-4-10(19-11)5-7-12(16)17/h4-7,9H,8H2,1-3H3,(H,14,18)(H,16,17). The first-order chi connectivity index (χ1) is 8.90. The van der Waals surface area contributed by atoms with Gasteiger partial charge in [0, 0.05) is 23.5 Å². The summed E-state index contributed by atoms with van der Waals surface area (Å²) < 4.78 is 0. The van der Waals surface area contributed by atoms with Gasteiger partial charge in [-0.05, 0) is 39.2 Å². The van der Waals surface area contributed by atoms with Crippen molar-refractivity contribution in [1.29, 1.82) is 0 Å². The average Bonchev–Trinajstić information content (AvgIpc) is 2.81. The number of carbonyl (C=O) groups is 2. The lowest BCUT2D eigenvalue weighted by Gasteiger charge is -2.19. The molecule has 6 heteroatoms. The van der Waals surface area contributed by atoms with Gasteiger partial charge in [-0.15, -0.1) is 11.3 Å². The highest BCUT2D eigenvalue weighted by Crippen LogP contribution is 2.17. The third-order valence-corrected chi connectivity index (χ3v) is 3.73. The van der Waals surface area contributed by atoms with Crippen molar-refractivity contribution >= 4 is 29.3 Å². The van der Waals surface area contributed by atoms with Crippen molar-refractivity contribution in [1.82, 2.24) is 10.2 Å². The average molecular weight is 282 g/mol. The Morgan fingerprint density at radius 3 is 2.74 bits per heavy atom. The van der Waals surface area contributed by atoms with Crippen molar-refractivity contribution in [3.63, 3.8) is 0 Å². The molecule has 0 fully saturated rings. The summed E-state index contributed by atoms with van der Waals surface area (Å²) in [6, 6.07) is 3.69. The third kappa shape index (κ3) is 5.23. The van der Waals surface area contributed by atoms with Gasteiger partial charge in [0.25, 0.3) is 5.91 Å². The molecule has 1 unspecified atom stereocenters. The number of nitrogens with one attached hydrogen (secondary N) is 1. The Hall–Kier alpha value is -1.66. The van der Waals surface area contributed by atoms with Crippen molar-refractivity contribution in [2.45, 2.75) is 13.0 Å². The van der Waals surface area contributed by atoms with Gasteiger partial charge < -0.3 is 15.3 Å². The predicted octanol–water partition coefficient (Wildman–Crippen LogP) is 1.53. The van der Waals surface area contributed by atoms with Crippen LogP contribution in [0.5, 0.6) is 0 Å². The van der Waals surface area contributed by atoms with E-state index in [0.29, 0.717) is 11.4 Å². The molecule has 1 aromatic heterocycles. The first-order valence-corrected chi connectivity index (χ1v) is 6.67. The van der Waals surface area contributed by atoms with Crippen LogP contribution in [-0.4, -0.2) is 48.6 Å². The molecule has 0 saturated heterocycles. The van der Waals surface area contributed by atoms with Crippen LogP contribution in [0.15, 0.2) is 18.2 Å². The van der Waals surface area contributed by atoms with Gasteiger partial charge in [0.15, 0.2) is 0 Å². The van der Waals surface area contributed by atoms with Crippen LogP contribution < -0.4 is 5.32 Å². The number of rotatable bonds is 6. The van der Waals surface area contributed by atoms with Crippen LogP contribution in [0.3, 0.4) is 0 Å². The molecule has 0 bridgehead atoms. The lowest BCUT2D eigenvalue weighted by atomic mass is 10.3. The molecule has 1 aromatic rings. The lowest BCUT2D eigenvalue weighted by molar-refractivity contribution is -0.131. The summed E-state index contributed by atoms with van der Waals surface area (Å²) in [5.41, 5.74) is 0. The van der Waals surface area contributed by atoms with E-state index in [1.165, 1.54) is 17.4 Å². The van der Waals surface area contributed by atoms with Gasteiger partial charge >= 0.3 is 5.97 Å². The Morgan fingerprint density at radius 1 is 1.47 bits per heavy atom. The van der Waals surface area contributed by atoms with E-state index in [4.69, 9.17) is 5.11 Å². The molecular formula is C13H18N2O3S. The number of likely N-dealkylation sites (N-methyl/N-ethyl adjacent to an activating group) is 1. The smallest absolute Gasteiger partial charge is 0.328 e. The summed E-state index contributed by atoms with van der Waals surface area (Å²) >= 11 is 1.27. The fourth-order valence-corrected chi connectivity index (χ4v) is 2.06. The highest BCUT2D eigenvalue weighted by Gasteiger charge is 2.10. The number of carbonyl (C=O) groups excluding carboxylic acids is 1. The number of hydrogen-bond acceptors (Lipinski definition) is 4. The van der Waals surface area contributed by atoms with E-state index in [0.717, 1.165) is 11.0 Å². The number of carboxylic acid groups (broad SMARTS) is 1. The van der Waals surface area contributed by atoms with Crippen LogP contribution in [0.4, 0.5) is 0 Å². The predicted molar refractivity (Wildman–Crippen MR) is 76.5 cm³/mol. The monoisotopic (exact) mass is 282 g/mol. The zero-order valence-corrected chi connectivity index (χ0v) is 12.0. The number of nitrogens with zero attached hydrogens (tertiary/aromatic N) is 1. The molecule has 0 saturated carbocycles. The fourth-order valence-electron chi connectivity index (χ4n) is 1.23. The summed E-state index contributed by atoms with van der Waals surface area (Å²) in [4.78, 5) is 25.6. The molecule has 1 amide bonds. The molecule has 0 spiro atoms. The molecule has 0 aliphatic rings. The number of hydrogen-bond donors (Lipinski definition) is 2. The summed E-state index contributed by atoms with van der Waals surface area (Å²) in [6.45, 7) is 2.60. The minimum Gasteiger partial charge on any atom is -0.478 e. The topological polar surface area (TPSA) is 69.6 Å². The van der Waals surface area contributed by atoms with E-state index in [2.05, 4.69) is 5.32 Å². The number of aliphatic carboxylic acids is 1. The van der Waals surface area contributed by atoms with Crippen molar-refractivity contribution in [2.75, 3.05) is 20.6 Å². The SMILES string of the molecule is CC(CNC(=O)c1ccc(C=CC(=O)O)s1)N(C)C. The van der Waals surface area contributed by atoms with Crippen molar-refractivity contribution in [3.05, 3.63) is 28.0 Å². The Kier molecular flexibility index (Phi) is 5.72. The van der Waals surface area contributed by atoms with Gasteiger partial charge in [0.05, 0.1) is 4.88 Å². The molecule has 0 aromatic carbocycles. The van der Waals surface area contributed by atoms with Crippen LogP contribution in [0.2, 0.25) is 0 Å². The van der Waals surface area contributed by atoms with Gasteiger partial charge in [-0.3, -0.25) is 4.79 Å². The summed E-state index contributed by atoms with van der Waals surface area (Å²) in [5, 5.41) is 11.4. The fraction of sp³-hybridized carbons (Fsp3) is 0.385. The van der Waals surface area contributed by atoms with Gasteiger partial charge in [-0.1, -0.05) is 0 Å². The number of amides is 1. The Morgan fingerprint density at radius 2 is 2.16 bits per heavy atom. The Labute approximate surface area is 116 Å². The lowest BCUT2D eigenvalue weighted by Crippen LogP contribution is -2.37. The van der Waals surface area contributed by atoms with E-state index in [-0.39, 0.29) is 11.9 Å². The molecule has 104 valence electrons. The molecule has 19 heavy (non-hydrogen) atoms. The van der Waals surface area contributed by atoms with Crippen LogP contribution in [0, 0.1) is 0 Å². The van der Waals surface area contributed by atoms with E-state index in [1.807, 2.05) is 25.9 Å². The van der Waals surface area contributed by atoms with E-state index >= 15 is 0 Å². The van der Waals surface area contributed by atoms with Crippen molar-refractivity contribution < 1.29 is 14.7 Å². The van der Waals surface area contributed by atoms with Crippen molar-refractivity contribution in [3.8, 4) is 0 Å². The van der Waals surface area contributed by atoms with Crippen LogP contribution >= 0.6 is 11.3 Å². The van der Waals surface area contributed by atoms with Crippen molar-refractivity contribution in [2.24, 2.45) is 0 Å². The minimum atomic E-state index is -1.00. The van der Waals surface area contributed by atoms with E-state index in [1.54, 1.807) is 12.1 Å². The van der Waals surface area contributed by atoms with Gasteiger partial charge in [-0.2, -0.15) is 0 Å². The molecular weight excluding hydrogens is 264 g/mol. The quantitative estimate of drug-likeness (QED) is 0.776. The Bertz CT molecular complexity index is 480. The highest BCUT2D eigenvalue weighted by molar-refractivity contribution is 7.14. The summed E-state index contributed by atoms with van der Waals surface area (Å²) in [6.07, 6.45) is 2.54. The maximum absolute atomic E-state index is 11.9. The molecule has 1 heterocycles. The molecule has 0 radical (unpaired) electrons. The van der Waals surface area contributed by atoms with Gasteiger partial charge in [0.1, 0.15) is 0 Å². The van der Waals surface area contributed by atoms with Crippen LogP contribution in [-0.2, 0) is 4.79 Å². The largest absolute Gasteiger partial charge is 0.478 e. The second-order valence-electron chi connectivity index (χ2n) is 4.40. The van der Waals surface area contributed by atoms with Gasteiger partial charge in [0.2, 0.25) is 0 Å². The zero-order valence-electron chi connectivity index (χ0n) is 11.2. The minimum absolute atomic E-state index is 0.131. The first kappa shape index (κ1) is 15.4. The molecule has 5 nitrogen and oxygen atoms in total. The highest BCUT2D eigenvalue weighted by atomic mass is 32.1. The second-order valence-corrected chi connectivity index (χ2v) is 5.51. The number of carboxylic acids is 1. The third-order valence-electron chi connectivity index (χ3n) is 2.68. The molecule has 0 aliphatic heterocycles. The number of thiophene rings is 1.